The zero-order valence-electron chi connectivity index (χ0n) is 11.4. The lowest BCUT2D eigenvalue weighted by molar-refractivity contribution is 0.178. The zero-order chi connectivity index (χ0) is 14.4. The topological polar surface area (TPSA) is 56.3 Å². The molecule has 1 N–H and O–H groups in total. The molecule has 0 aliphatic heterocycles. The van der Waals surface area contributed by atoms with Crippen molar-refractivity contribution in [3.05, 3.63) is 41.3 Å². The van der Waals surface area contributed by atoms with Gasteiger partial charge in [0.2, 0.25) is 0 Å². The molecule has 0 bridgehead atoms. The van der Waals surface area contributed by atoms with E-state index in [1.54, 1.807) is 13.2 Å². The molecule has 6 heteroatoms. The Balaban J connectivity index is 2.12. The number of nitrogens with one attached hydrogen (secondary N) is 1. The quantitative estimate of drug-likeness (QED) is 0.827. The van der Waals surface area contributed by atoms with Gasteiger partial charge in [-0.05, 0) is 31.2 Å². The lowest BCUT2D eigenvalue weighted by atomic mass is 10.3. The fourth-order valence-electron chi connectivity index (χ4n) is 1.67. The number of methoxy groups -OCH3 is 1. The monoisotopic (exact) mass is 293 g/mol. The number of ether oxygens (including phenoxy) is 2. The normalized spacial score (nSPS) is 10.3. The highest BCUT2D eigenvalue weighted by molar-refractivity contribution is 6.29. The first kappa shape index (κ1) is 14.6. The van der Waals surface area contributed by atoms with E-state index in [2.05, 4.69) is 15.3 Å². The van der Waals surface area contributed by atoms with E-state index >= 15 is 0 Å². The first-order valence-corrected chi connectivity index (χ1v) is 6.61. The first-order chi connectivity index (χ1) is 9.71. The van der Waals surface area contributed by atoms with Crippen LogP contribution in [0.4, 0.5) is 11.5 Å². The van der Waals surface area contributed by atoms with Gasteiger partial charge in [0.05, 0.1) is 6.61 Å². The highest BCUT2D eigenvalue weighted by Crippen LogP contribution is 2.20. The Kier molecular flexibility index (Phi) is 5.15. The Bertz CT molecular complexity index is 561. The second kappa shape index (κ2) is 7.07. The Morgan fingerprint density at radius 1 is 1.20 bits per heavy atom. The molecule has 0 amide bonds. The molecule has 0 saturated heterocycles. The van der Waals surface area contributed by atoms with E-state index < -0.39 is 0 Å². The van der Waals surface area contributed by atoms with Crippen molar-refractivity contribution in [2.24, 2.45) is 0 Å². The van der Waals surface area contributed by atoms with Gasteiger partial charge in [0.25, 0.3) is 0 Å². The molecule has 0 unspecified atom stereocenters. The fourth-order valence-corrected chi connectivity index (χ4v) is 1.87. The molecule has 2 rings (SSSR count). The van der Waals surface area contributed by atoms with E-state index in [1.165, 1.54) is 0 Å². The minimum atomic E-state index is 0.318. The Hall–Kier alpha value is -1.85. The van der Waals surface area contributed by atoms with Crippen LogP contribution in [-0.2, 0) is 11.3 Å². The Morgan fingerprint density at radius 3 is 2.60 bits per heavy atom. The number of anilines is 2. The van der Waals surface area contributed by atoms with Gasteiger partial charge < -0.3 is 14.8 Å². The average Bonchev–Trinajstić information content (AvgIpc) is 2.41. The molecule has 1 aromatic carbocycles. The SMILES string of the molecule is CCOc1ccc(Nc2cc(Cl)nc(COC)n2)cc1. The van der Waals surface area contributed by atoms with Gasteiger partial charge in [0.15, 0.2) is 5.82 Å². The predicted octanol–water partition coefficient (Wildman–Crippen LogP) is 3.42. The van der Waals surface area contributed by atoms with Crippen LogP contribution in [0.3, 0.4) is 0 Å². The number of halogens is 1. The second-order valence-electron chi connectivity index (χ2n) is 4.01. The maximum absolute atomic E-state index is 5.95. The van der Waals surface area contributed by atoms with E-state index in [-0.39, 0.29) is 0 Å². The number of aromatic nitrogens is 2. The van der Waals surface area contributed by atoms with Gasteiger partial charge >= 0.3 is 0 Å². The van der Waals surface area contributed by atoms with E-state index in [4.69, 9.17) is 21.1 Å². The summed E-state index contributed by atoms with van der Waals surface area (Å²) in [5, 5.41) is 3.54. The van der Waals surface area contributed by atoms with Gasteiger partial charge in [0.1, 0.15) is 23.3 Å². The third kappa shape index (κ3) is 4.08. The van der Waals surface area contributed by atoms with Crippen LogP contribution in [0.1, 0.15) is 12.7 Å². The third-order valence-corrected chi connectivity index (χ3v) is 2.65. The van der Waals surface area contributed by atoms with Gasteiger partial charge in [0, 0.05) is 18.9 Å². The number of hydrogen-bond acceptors (Lipinski definition) is 5. The fraction of sp³-hybridized carbons (Fsp3) is 0.286. The lowest BCUT2D eigenvalue weighted by Crippen LogP contribution is -2.01. The number of rotatable bonds is 6. The minimum absolute atomic E-state index is 0.318. The number of benzene rings is 1. The maximum Gasteiger partial charge on any atom is 0.158 e. The summed E-state index contributed by atoms with van der Waals surface area (Å²) in [5.41, 5.74) is 0.895. The van der Waals surface area contributed by atoms with Crippen molar-refractivity contribution in [2.75, 3.05) is 19.0 Å². The summed E-state index contributed by atoms with van der Waals surface area (Å²) < 4.78 is 10.4. The van der Waals surface area contributed by atoms with Crippen molar-refractivity contribution in [2.45, 2.75) is 13.5 Å². The largest absolute Gasteiger partial charge is 0.494 e. The molecule has 5 nitrogen and oxygen atoms in total. The Morgan fingerprint density at radius 2 is 1.95 bits per heavy atom. The van der Waals surface area contributed by atoms with Crippen LogP contribution in [-0.4, -0.2) is 23.7 Å². The van der Waals surface area contributed by atoms with Crippen LogP contribution >= 0.6 is 11.6 Å². The van der Waals surface area contributed by atoms with Gasteiger partial charge in [-0.15, -0.1) is 0 Å². The molecule has 0 radical (unpaired) electrons. The van der Waals surface area contributed by atoms with Crippen molar-refractivity contribution in [1.29, 1.82) is 0 Å². The third-order valence-electron chi connectivity index (χ3n) is 2.45. The first-order valence-electron chi connectivity index (χ1n) is 6.23. The number of nitrogens with zero attached hydrogens (tertiary/aromatic N) is 2. The van der Waals surface area contributed by atoms with Crippen molar-refractivity contribution < 1.29 is 9.47 Å². The van der Waals surface area contributed by atoms with Crippen LogP contribution in [0.5, 0.6) is 5.75 Å². The molecule has 1 aromatic heterocycles. The summed E-state index contributed by atoms with van der Waals surface area (Å²) in [6, 6.07) is 9.28. The maximum atomic E-state index is 5.95. The molecule has 0 saturated carbocycles. The molecule has 20 heavy (non-hydrogen) atoms. The van der Waals surface area contributed by atoms with E-state index in [1.807, 2.05) is 31.2 Å². The van der Waals surface area contributed by atoms with Gasteiger partial charge in [-0.3, -0.25) is 0 Å². The van der Waals surface area contributed by atoms with E-state index in [9.17, 15) is 0 Å². The predicted molar refractivity (Wildman–Crippen MR) is 78.6 cm³/mol. The summed E-state index contributed by atoms with van der Waals surface area (Å²) >= 11 is 5.95. The Labute approximate surface area is 122 Å². The summed E-state index contributed by atoms with van der Waals surface area (Å²) in [6.07, 6.45) is 0. The standard InChI is InChI=1S/C14H16ClN3O2/c1-3-20-11-6-4-10(5-7-11)16-13-8-12(15)17-14(18-13)9-19-2/h4-8H,3,9H2,1-2H3,(H,16,17,18). The van der Waals surface area contributed by atoms with Crippen LogP contribution in [0.2, 0.25) is 5.15 Å². The van der Waals surface area contributed by atoms with Crippen molar-refractivity contribution in [3.63, 3.8) is 0 Å². The minimum Gasteiger partial charge on any atom is -0.494 e. The molecule has 1 heterocycles. The van der Waals surface area contributed by atoms with E-state index in [0.717, 1.165) is 11.4 Å². The molecule has 0 aliphatic carbocycles. The van der Waals surface area contributed by atoms with Gasteiger partial charge in [-0.2, -0.15) is 0 Å². The molecule has 0 aliphatic rings. The van der Waals surface area contributed by atoms with Crippen LogP contribution in [0.25, 0.3) is 0 Å². The lowest BCUT2D eigenvalue weighted by Gasteiger charge is -2.09. The van der Waals surface area contributed by atoms with Gasteiger partial charge in [-0.1, -0.05) is 11.6 Å². The van der Waals surface area contributed by atoms with E-state index in [0.29, 0.717) is 30.0 Å². The van der Waals surface area contributed by atoms with Crippen molar-refractivity contribution in [1.82, 2.24) is 9.97 Å². The van der Waals surface area contributed by atoms with Gasteiger partial charge in [-0.25, -0.2) is 9.97 Å². The van der Waals surface area contributed by atoms with Crippen LogP contribution in [0, 0.1) is 0 Å². The highest BCUT2D eigenvalue weighted by Gasteiger charge is 2.04. The zero-order valence-corrected chi connectivity index (χ0v) is 12.1. The summed E-state index contributed by atoms with van der Waals surface area (Å²) in [7, 11) is 1.59. The molecular formula is C14H16ClN3O2. The van der Waals surface area contributed by atoms with Crippen molar-refractivity contribution >= 4 is 23.1 Å². The molecule has 0 spiro atoms. The second-order valence-corrected chi connectivity index (χ2v) is 4.39. The van der Waals surface area contributed by atoms with Crippen LogP contribution in [0.15, 0.2) is 30.3 Å². The molecule has 2 aromatic rings. The van der Waals surface area contributed by atoms with Crippen molar-refractivity contribution in [3.8, 4) is 5.75 Å². The molecule has 0 fully saturated rings. The summed E-state index contributed by atoms with van der Waals surface area (Å²) in [4.78, 5) is 8.39. The van der Waals surface area contributed by atoms with Crippen LogP contribution < -0.4 is 10.1 Å². The average molecular weight is 294 g/mol. The smallest absolute Gasteiger partial charge is 0.158 e. The highest BCUT2D eigenvalue weighted by atomic mass is 35.5. The molecule has 0 atom stereocenters. The number of hydrogen-bond donors (Lipinski definition) is 1. The molecular weight excluding hydrogens is 278 g/mol. The summed E-state index contributed by atoms with van der Waals surface area (Å²) in [6.45, 7) is 2.92. The summed E-state index contributed by atoms with van der Waals surface area (Å²) in [5.74, 6) is 1.99. The molecule has 106 valence electrons.